The van der Waals surface area contributed by atoms with Crippen LogP contribution in [0.15, 0.2) is 60.7 Å². The van der Waals surface area contributed by atoms with Crippen LogP contribution in [0.2, 0.25) is 0 Å². The average Bonchev–Trinajstić information content (AvgIpc) is 2.57. The van der Waals surface area contributed by atoms with Gasteiger partial charge in [0.15, 0.2) is 0 Å². The maximum absolute atomic E-state index is 2.32. The van der Waals surface area contributed by atoms with Gasteiger partial charge in [-0.15, -0.1) is 0 Å². The van der Waals surface area contributed by atoms with Crippen molar-refractivity contribution in [3.05, 3.63) is 94.0 Å². The lowest BCUT2D eigenvalue weighted by molar-refractivity contribution is 0.946. The fraction of sp³-hybridized carbons (Fsp3) is 0.250. The Hall–Kier alpha value is -2.34. The quantitative estimate of drug-likeness (QED) is 0.524. The van der Waals surface area contributed by atoms with Gasteiger partial charge in [-0.05, 0) is 79.5 Å². The highest BCUT2D eigenvalue weighted by Gasteiger charge is 2.04. The van der Waals surface area contributed by atoms with E-state index in [-0.39, 0.29) is 0 Å². The molecule has 3 aromatic carbocycles. The molecule has 0 radical (unpaired) electrons. The maximum Gasteiger partial charge on any atom is -0.0181 e. The molecule has 0 saturated heterocycles. The molecule has 0 fully saturated rings. The van der Waals surface area contributed by atoms with Gasteiger partial charge in [0.05, 0.1) is 0 Å². The number of hydrogen-bond acceptors (Lipinski definition) is 0. The van der Waals surface area contributed by atoms with E-state index in [9.17, 15) is 0 Å². The third-order valence-electron chi connectivity index (χ3n) is 4.98. The van der Waals surface area contributed by atoms with Gasteiger partial charge in [0.25, 0.3) is 0 Å². The second kappa shape index (κ2) is 7.05. The Balaban J connectivity index is 1.75. The Morgan fingerprint density at radius 3 is 1.92 bits per heavy atom. The molecule has 0 heterocycles. The Kier molecular flexibility index (Phi) is 4.85. The molecule has 0 amide bonds. The molecule has 0 aliphatic carbocycles. The van der Waals surface area contributed by atoms with Gasteiger partial charge in [-0.25, -0.2) is 0 Å². The van der Waals surface area contributed by atoms with E-state index in [1.807, 2.05) is 0 Å². The van der Waals surface area contributed by atoms with Crippen molar-refractivity contribution >= 4 is 0 Å². The SMILES string of the molecule is Cc1ccc(-c2ccc(CCc3ccc(C)c(C)c3)c(C)c2)cc1. The van der Waals surface area contributed by atoms with Crippen molar-refractivity contribution in [3.8, 4) is 11.1 Å². The smallest absolute Gasteiger partial charge is 0.0181 e. The van der Waals surface area contributed by atoms with Crippen molar-refractivity contribution in [2.24, 2.45) is 0 Å². The number of benzene rings is 3. The number of hydrogen-bond donors (Lipinski definition) is 0. The van der Waals surface area contributed by atoms with Crippen molar-refractivity contribution < 1.29 is 0 Å². The molecule has 0 nitrogen and oxygen atoms in total. The molecular weight excluding hydrogens is 288 g/mol. The predicted molar refractivity (Wildman–Crippen MR) is 105 cm³/mol. The van der Waals surface area contributed by atoms with Gasteiger partial charge < -0.3 is 0 Å². The molecule has 0 aliphatic rings. The zero-order chi connectivity index (χ0) is 17.1. The van der Waals surface area contributed by atoms with Crippen molar-refractivity contribution in [3.63, 3.8) is 0 Å². The van der Waals surface area contributed by atoms with Crippen LogP contribution >= 0.6 is 0 Å². The summed E-state index contributed by atoms with van der Waals surface area (Å²) in [7, 11) is 0. The predicted octanol–water partition coefficient (Wildman–Crippen LogP) is 6.37. The Labute approximate surface area is 146 Å². The van der Waals surface area contributed by atoms with Gasteiger partial charge in [-0.3, -0.25) is 0 Å². The van der Waals surface area contributed by atoms with Crippen molar-refractivity contribution in [1.82, 2.24) is 0 Å². The van der Waals surface area contributed by atoms with Gasteiger partial charge in [0.1, 0.15) is 0 Å². The van der Waals surface area contributed by atoms with E-state index in [4.69, 9.17) is 0 Å². The largest absolute Gasteiger partial charge is 0.0588 e. The van der Waals surface area contributed by atoms with Crippen molar-refractivity contribution in [2.45, 2.75) is 40.5 Å². The van der Waals surface area contributed by atoms with Gasteiger partial charge in [-0.1, -0.05) is 66.2 Å². The van der Waals surface area contributed by atoms with Crippen molar-refractivity contribution in [2.75, 3.05) is 0 Å². The minimum atomic E-state index is 1.10. The summed E-state index contributed by atoms with van der Waals surface area (Å²) >= 11 is 0. The lowest BCUT2D eigenvalue weighted by Crippen LogP contribution is -1.96. The Morgan fingerprint density at radius 2 is 1.25 bits per heavy atom. The molecule has 24 heavy (non-hydrogen) atoms. The highest BCUT2D eigenvalue weighted by atomic mass is 14.1. The normalized spacial score (nSPS) is 10.8. The minimum absolute atomic E-state index is 1.10. The van der Waals surface area contributed by atoms with Crippen LogP contribution in [0.5, 0.6) is 0 Å². The minimum Gasteiger partial charge on any atom is -0.0588 e. The van der Waals surface area contributed by atoms with Crippen LogP contribution in [-0.2, 0) is 12.8 Å². The van der Waals surface area contributed by atoms with E-state index in [2.05, 4.69) is 88.4 Å². The molecule has 3 rings (SSSR count). The second-order valence-corrected chi connectivity index (χ2v) is 6.93. The molecular formula is C24H26. The fourth-order valence-electron chi connectivity index (χ4n) is 3.14. The first kappa shape index (κ1) is 16.5. The molecule has 0 aromatic heterocycles. The molecule has 0 atom stereocenters. The van der Waals surface area contributed by atoms with Gasteiger partial charge >= 0.3 is 0 Å². The second-order valence-electron chi connectivity index (χ2n) is 6.93. The zero-order valence-electron chi connectivity index (χ0n) is 15.2. The van der Waals surface area contributed by atoms with Crippen LogP contribution in [0, 0.1) is 27.7 Å². The van der Waals surface area contributed by atoms with E-state index >= 15 is 0 Å². The van der Waals surface area contributed by atoms with Crippen LogP contribution in [0.1, 0.15) is 33.4 Å². The summed E-state index contributed by atoms with van der Waals surface area (Å²) in [6, 6.07) is 22.5. The lowest BCUT2D eigenvalue weighted by atomic mass is 9.95. The van der Waals surface area contributed by atoms with Gasteiger partial charge in [-0.2, -0.15) is 0 Å². The van der Waals surface area contributed by atoms with E-state index in [0.29, 0.717) is 0 Å². The summed E-state index contributed by atoms with van der Waals surface area (Å²) in [4.78, 5) is 0. The molecule has 0 bridgehead atoms. The summed E-state index contributed by atoms with van der Waals surface area (Å²) in [5.74, 6) is 0. The van der Waals surface area contributed by atoms with Crippen LogP contribution in [-0.4, -0.2) is 0 Å². The molecule has 0 heteroatoms. The van der Waals surface area contributed by atoms with Crippen molar-refractivity contribution in [1.29, 1.82) is 0 Å². The molecule has 0 N–H and O–H groups in total. The monoisotopic (exact) mass is 314 g/mol. The molecule has 0 unspecified atom stereocenters. The van der Waals surface area contributed by atoms with Gasteiger partial charge in [0.2, 0.25) is 0 Å². The van der Waals surface area contributed by atoms with E-state index < -0.39 is 0 Å². The average molecular weight is 314 g/mol. The van der Waals surface area contributed by atoms with Gasteiger partial charge in [0, 0.05) is 0 Å². The summed E-state index contributed by atoms with van der Waals surface area (Å²) in [6.45, 7) is 8.73. The van der Waals surface area contributed by atoms with Crippen LogP contribution in [0.3, 0.4) is 0 Å². The molecule has 3 aromatic rings. The summed E-state index contributed by atoms with van der Waals surface area (Å²) < 4.78 is 0. The zero-order valence-corrected chi connectivity index (χ0v) is 15.2. The molecule has 122 valence electrons. The molecule has 0 saturated carbocycles. The summed E-state index contributed by atoms with van der Waals surface area (Å²) in [5, 5.41) is 0. The highest BCUT2D eigenvalue weighted by molar-refractivity contribution is 5.65. The molecule has 0 spiro atoms. The number of rotatable bonds is 4. The first-order valence-corrected chi connectivity index (χ1v) is 8.75. The summed E-state index contributed by atoms with van der Waals surface area (Å²) in [6.07, 6.45) is 2.20. The first-order chi connectivity index (χ1) is 11.5. The highest BCUT2D eigenvalue weighted by Crippen LogP contribution is 2.24. The van der Waals surface area contributed by atoms with E-state index in [1.54, 1.807) is 0 Å². The lowest BCUT2D eigenvalue weighted by Gasteiger charge is -2.10. The Morgan fingerprint density at radius 1 is 0.542 bits per heavy atom. The van der Waals surface area contributed by atoms with Crippen LogP contribution in [0.25, 0.3) is 11.1 Å². The Bertz CT molecular complexity index is 838. The van der Waals surface area contributed by atoms with E-state index in [1.165, 1.54) is 44.5 Å². The van der Waals surface area contributed by atoms with E-state index in [0.717, 1.165) is 12.8 Å². The molecule has 0 aliphatic heterocycles. The third-order valence-corrected chi connectivity index (χ3v) is 4.98. The van der Waals surface area contributed by atoms with Crippen LogP contribution < -0.4 is 0 Å². The third kappa shape index (κ3) is 3.76. The fourth-order valence-corrected chi connectivity index (χ4v) is 3.14. The number of aryl methyl sites for hydroxylation is 6. The summed E-state index contributed by atoms with van der Waals surface area (Å²) in [5.41, 5.74) is 10.9. The topological polar surface area (TPSA) is 0 Å². The first-order valence-electron chi connectivity index (χ1n) is 8.75. The van der Waals surface area contributed by atoms with Crippen LogP contribution in [0.4, 0.5) is 0 Å². The maximum atomic E-state index is 2.32. The standard InChI is InChI=1S/C24H26/c1-17-5-10-23(11-6-17)24-14-13-22(20(4)16-24)12-9-21-8-7-18(2)19(3)15-21/h5-8,10-11,13-16H,9,12H2,1-4H3.